The van der Waals surface area contributed by atoms with E-state index in [2.05, 4.69) is 10.3 Å². The quantitative estimate of drug-likeness (QED) is 0.742. The summed E-state index contributed by atoms with van der Waals surface area (Å²) in [4.78, 5) is 15.4. The molecule has 0 atom stereocenters. The molecule has 0 bridgehead atoms. The maximum atomic E-state index is 11.5. The van der Waals surface area contributed by atoms with E-state index in [9.17, 15) is 4.79 Å². The van der Waals surface area contributed by atoms with Crippen molar-refractivity contribution in [3.63, 3.8) is 0 Å². The van der Waals surface area contributed by atoms with Gasteiger partial charge in [0.25, 0.3) is 0 Å². The van der Waals surface area contributed by atoms with Crippen molar-refractivity contribution >= 4 is 17.4 Å². The average Bonchev–Trinajstić information content (AvgIpc) is 2.06. The molecule has 2 rings (SSSR count). The van der Waals surface area contributed by atoms with Crippen LogP contribution < -0.4 is 11.1 Å². The Labute approximate surface area is 82.5 Å². The summed E-state index contributed by atoms with van der Waals surface area (Å²) in [7, 11) is 0. The molecule has 74 valence electrons. The van der Waals surface area contributed by atoms with E-state index in [0.29, 0.717) is 5.82 Å². The smallest absolute Gasteiger partial charge is 0.227 e. The molecule has 4 heteroatoms. The van der Waals surface area contributed by atoms with Crippen LogP contribution in [0.3, 0.4) is 0 Å². The third-order valence-corrected chi connectivity index (χ3v) is 2.53. The van der Waals surface area contributed by atoms with Gasteiger partial charge in [0.05, 0.1) is 11.9 Å². The molecule has 0 saturated heterocycles. The lowest BCUT2D eigenvalue weighted by Gasteiger charge is -2.23. The van der Waals surface area contributed by atoms with Gasteiger partial charge < -0.3 is 11.1 Å². The fraction of sp³-hybridized carbons (Fsp3) is 0.400. The molecule has 0 unspecified atom stereocenters. The van der Waals surface area contributed by atoms with Crippen LogP contribution in [0.25, 0.3) is 0 Å². The Hall–Kier alpha value is -1.58. The van der Waals surface area contributed by atoms with E-state index in [-0.39, 0.29) is 11.8 Å². The van der Waals surface area contributed by atoms with Crippen LogP contribution in [0.2, 0.25) is 0 Å². The minimum absolute atomic E-state index is 0.0998. The minimum atomic E-state index is 0.0998. The fourth-order valence-corrected chi connectivity index (χ4v) is 1.39. The molecular weight excluding hydrogens is 178 g/mol. The van der Waals surface area contributed by atoms with E-state index in [1.807, 2.05) is 0 Å². The highest BCUT2D eigenvalue weighted by molar-refractivity contribution is 5.92. The molecule has 4 nitrogen and oxygen atoms in total. The lowest BCUT2D eigenvalue weighted by molar-refractivity contribution is -0.122. The number of nitrogen functional groups attached to an aromatic ring is 1. The molecule has 1 saturated carbocycles. The summed E-state index contributed by atoms with van der Waals surface area (Å²) in [6.07, 6.45) is 4.76. The van der Waals surface area contributed by atoms with E-state index in [4.69, 9.17) is 5.73 Å². The molecule has 0 aliphatic heterocycles. The second-order valence-electron chi connectivity index (χ2n) is 3.59. The molecule has 14 heavy (non-hydrogen) atoms. The molecule has 0 spiro atoms. The second kappa shape index (κ2) is 3.65. The van der Waals surface area contributed by atoms with Crippen LogP contribution in [0, 0.1) is 5.92 Å². The number of hydrogen-bond donors (Lipinski definition) is 2. The van der Waals surface area contributed by atoms with Crippen molar-refractivity contribution in [3.05, 3.63) is 18.3 Å². The molecule has 0 radical (unpaired) electrons. The molecule has 1 heterocycles. The van der Waals surface area contributed by atoms with Crippen LogP contribution in [0.5, 0.6) is 0 Å². The number of hydrogen-bond acceptors (Lipinski definition) is 3. The second-order valence-corrected chi connectivity index (χ2v) is 3.59. The number of rotatable bonds is 2. The maximum Gasteiger partial charge on any atom is 0.227 e. The van der Waals surface area contributed by atoms with Crippen LogP contribution in [0.1, 0.15) is 19.3 Å². The van der Waals surface area contributed by atoms with Crippen LogP contribution in [0.4, 0.5) is 11.5 Å². The lowest BCUT2D eigenvalue weighted by atomic mass is 9.85. The number of amides is 1. The maximum absolute atomic E-state index is 11.5. The Bertz CT molecular complexity index is 330. The normalized spacial score (nSPS) is 16.0. The topological polar surface area (TPSA) is 68.0 Å². The highest BCUT2D eigenvalue weighted by Gasteiger charge is 2.24. The third-order valence-electron chi connectivity index (χ3n) is 2.53. The van der Waals surface area contributed by atoms with Crippen LogP contribution in [0.15, 0.2) is 18.3 Å². The first-order valence-electron chi connectivity index (χ1n) is 4.78. The van der Waals surface area contributed by atoms with Crippen molar-refractivity contribution in [3.8, 4) is 0 Å². The summed E-state index contributed by atoms with van der Waals surface area (Å²) >= 11 is 0. The van der Waals surface area contributed by atoms with Crippen LogP contribution in [-0.4, -0.2) is 10.9 Å². The number of anilines is 2. The van der Waals surface area contributed by atoms with Gasteiger partial charge in [0.1, 0.15) is 5.82 Å². The predicted molar refractivity (Wildman–Crippen MR) is 54.6 cm³/mol. The summed E-state index contributed by atoms with van der Waals surface area (Å²) in [5.41, 5.74) is 6.15. The first-order valence-corrected chi connectivity index (χ1v) is 4.78. The zero-order valence-corrected chi connectivity index (χ0v) is 7.86. The summed E-state index contributed by atoms with van der Waals surface area (Å²) in [5.74, 6) is 0.766. The number of carbonyl (C=O) groups excluding carboxylic acids is 1. The number of pyridine rings is 1. The van der Waals surface area contributed by atoms with Crippen molar-refractivity contribution in [2.75, 3.05) is 11.1 Å². The minimum Gasteiger partial charge on any atom is -0.384 e. The van der Waals surface area contributed by atoms with E-state index < -0.39 is 0 Å². The van der Waals surface area contributed by atoms with Crippen LogP contribution >= 0.6 is 0 Å². The van der Waals surface area contributed by atoms with Gasteiger partial charge in [-0.2, -0.15) is 0 Å². The molecule has 1 fully saturated rings. The first kappa shape index (κ1) is 8.99. The van der Waals surface area contributed by atoms with Gasteiger partial charge >= 0.3 is 0 Å². The molecule has 3 N–H and O–H groups in total. The number of carbonyl (C=O) groups is 1. The number of aromatic nitrogens is 1. The molecule has 1 aromatic heterocycles. The molecule has 1 aliphatic rings. The van der Waals surface area contributed by atoms with Gasteiger partial charge in [0.2, 0.25) is 5.91 Å². The Morgan fingerprint density at radius 1 is 1.50 bits per heavy atom. The number of nitrogens with one attached hydrogen (secondary N) is 1. The van der Waals surface area contributed by atoms with Gasteiger partial charge in [0.15, 0.2) is 0 Å². The Morgan fingerprint density at radius 3 is 2.79 bits per heavy atom. The highest BCUT2D eigenvalue weighted by Crippen LogP contribution is 2.27. The molecular formula is C10H13N3O. The molecule has 1 aromatic rings. The van der Waals surface area contributed by atoms with Gasteiger partial charge in [-0.15, -0.1) is 0 Å². The standard InChI is InChI=1S/C10H13N3O/c11-9-5-4-8(6-12-9)13-10(14)7-2-1-3-7/h4-7H,1-3H2,(H2,11,12)(H,13,14). The van der Waals surface area contributed by atoms with Crippen molar-refractivity contribution in [1.29, 1.82) is 0 Å². The highest BCUT2D eigenvalue weighted by atomic mass is 16.1. The summed E-state index contributed by atoms with van der Waals surface area (Å²) in [6.45, 7) is 0. The Balaban J connectivity index is 1.96. The van der Waals surface area contributed by atoms with Gasteiger partial charge in [-0.25, -0.2) is 4.98 Å². The van der Waals surface area contributed by atoms with Gasteiger partial charge in [-0.05, 0) is 25.0 Å². The van der Waals surface area contributed by atoms with Gasteiger partial charge in [-0.3, -0.25) is 4.79 Å². The SMILES string of the molecule is Nc1ccc(NC(=O)C2CCC2)cn1. The lowest BCUT2D eigenvalue weighted by Crippen LogP contribution is -2.28. The van der Waals surface area contributed by atoms with Crippen molar-refractivity contribution < 1.29 is 4.79 Å². The summed E-state index contributed by atoms with van der Waals surface area (Å²) in [5, 5.41) is 2.81. The summed E-state index contributed by atoms with van der Waals surface area (Å²) < 4.78 is 0. The van der Waals surface area contributed by atoms with E-state index in [1.54, 1.807) is 18.3 Å². The van der Waals surface area contributed by atoms with E-state index in [0.717, 1.165) is 24.9 Å². The summed E-state index contributed by atoms with van der Waals surface area (Å²) in [6, 6.07) is 3.44. The Kier molecular flexibility index (Phi) is 2.35. The van der Waals surface area contributed by atoms with Crippen molar-refractivity contribution in [2.24, 2.45) is 5.92 Å². The van der Waals surface area contributed by atoms with Gasteiger partial charge in [-0.1, -0.05) is 6.42 Å². The fourth-order valence-electron chi connectivity index (χ4n) is 1.39. The monoisotopic (exact) mass is 191 g/mol. The van der Waals surface area contributed by atoms with Crippen molar-refractivity contribution in [1.82, 2.24) is 4.98 Å². The molecule has 1 aliphatic carbocycles. The van der Waals surface area contributed by atoms with E-state index in [1.165, 1.54) is 0 Å². The zero-order valence-electron chi connectivity index (χ0n) is 7.86. The van der Waals surface area contributed by atoms with Crippen LogP contribution in [-0.2, 0) is 4.79 Å². The predicted octanol–water partition coefficient (Wildman–Crippen LogP) is 1.40. The molecule has 0 aromatic carbocycles. The van der Waals surface area contributed by atoms with E-state index >= 15 is 0 Å². The molecule has 1 amide bonds. The number of nitrogens with zero attached hydrogens (tertiary/aromatic N) is 1. The van der Waals surface area contributed by atoms with Crippen molar-refractivity contribution in [2.45, 2.75) is 19.3 Å². The third kappa shape index (κ3) is 1.84. The number of nitrogens with two attached hydrogens (primary N) is 1. The largest absolute Gasteiger partial charge is 0.384 e. The Morgan fingerprint density at radius 2 is 2.29 bits per heavy atom. The zero-order chi connectivity index (χ0) is 9.97. The van der Waals surface area contributed by atoms with Gasteiger partial charge in [0, 0.05) is 5.92 Å². The average molecular weight is 191 g/mol. The first-order chi connectivity index (χ1) is 6.75.